The number of rotatable bonds is 4. The van der Waals surface area contributed by atoms with Crippen molar-refractivity contribution < 1.29 is 18.3 Å². The molecule has 144 valence electrons. The molecule has 2 fully saturated rings. The summed E-state index contributed by atoms with van der Waals surface area (Å²) in [5, 5.41) is 0. The summed E-state index contributed by atoms with van der Waals surface area (Å²) in [5.41, 5.74) is 0.216. The van der Waals surface area contributed by atoms with Gasteiger partial charge in [-0.15, -0.1) is 0 Å². The van der Waals surface area contributed by atoms with E-state index >= 15 is 0 Å². The van der Waals surface area contributed by atoms with Crippen LogP contribution in [0.15, 0.2) is 29.0 Å². The Kier molecular flexibility index (Phi) is 5.03. The fraction of sp³-hybridized carbons (Fsp3) is 0.474. The largest absolute Gasteiger partial charge is 0.477 e. The van der Waals surface area contributed by atoms with Crippen LogP contribution in [0.5, 0.6) is 5.75 Å². The first-order chi connectivity index (χ1) is 13.0. The minimum absolute atomic E-state index is 0.184. The third kappa shape index (κ3) is 3.78. The molecule has 0 amide bonds. The molecule has 2 saturated heterocycles. The number of ether oxygens (including phenoxy) is 2. The van der Waals surface area contributed by atoms with Gasteiger partial charge in [0.1, 0.15) is 0 Å². The van der Waals surface area contributed by atoms with Crippen LogP contribution in [0, 0.1) is 17.6 Å². The standard InChI is InChI=1S/C19H20BrF2N3O2/c1-2-12-6-23-18(24-7-12)25-8-13-5-19(10-25,11-26-9-13)27-17-15(21)3-14(20)4-16(17)22/h3-4,6-7,13H,2,5,8-11H2,1H3. The van der Waals surface area contributed by atoms with Gasteiger partial charge in [-0.1, -0.05) is 22.9 Å². The summed E-state index contributed by atoms with van der Waals surface area (Å²) in [6.07, 6.45) is 5.16. The number of aromatic nitrogens is 2. The van der Waals surface area contributed by atoms with Crippen molar-refractivity contribution in [3.63, 3.8) is 0 Å². The van der Waals surface area contributed by atoms with Gasteiger partial charge in [0.2, 0.25) is 5.95 Å². The molecule has 2 atom stereocenters. The van der Waals surface area contributed by atoms with Gasteiger partial charge in [-0.05, 0) is 30.5 Å². The van der Waals surface area contributed by atoms with Crippen LogP contribution in [0.2, 0.25) is 0 Å². The molecule has 0 spiro atoms. The Morgan fingerprint density at radius 3 is 2.67 bits per heavy atom. The zero-order valence-electron chi connectivity index (χ0n) is 14.9. The SMILES string of the molecule is CCc1cnc(N2CC3COCC(Oc4c(F)cc(Br)cc4F)(C3)C2)nc1. The molecule has 3 heterocycles. The highest BCUT2D eigenvalue weighted by molar-refractivity contribution is 9.10. The van der Waals surface area contributed by atoms with E-state index in [9.17, 15) is 8.78 Å². The number of hydrogen-bond acceptors (Lipinski definition) is 5. The van der Waals surface area contributed by atoms with E-state index in [4.69, 9.17) is 9.47 Å². The molecule has 8 heteroatoms. The Bertz CT molecular complexity index is 813. The summed E-state index contributed by atoms with van der Waals surface area (Å²) in [7, 11) is 0. The van der Waals surface area contributed by atoms with E-state index < -0.39 is 17.2 Å². The van der Waals surface area contributed by atoms with Gasteiger partial charge in [-0.25, -0.2) is 18.7 Å². The molecule has 0 radical (unpaired) electrons. The van der Waals surface area contributed by atoms with Crippen LogP contribution >= 0.6 is 15.9 Å². The number of hydrogen-bond donors (Lipinski definition) is 0. The Balaban J connectivity index is 1.62. The van der Waals surface area contributed by atoms with E-state index in [2.05, 4.69) is 25.9 Å². The molecule has 4 rings (SSSR count). The van der Waals surface area contributed by atoms with Crippen molar-refractivity contribution >= 4 is 21.9 Å². The van der Waals surface area contributed by atoms with Crippen LogP contribution in [0.3, 0.4) is 0 Å². The fourth-order valence-corrected chi connectivity index (χ4v) is 4.20. The zero-order chi connectivity index (χ0) is 19.0. The molecule has 2 aromatic rings. The second kappa shape index (κ2) is 7.31. The van der Waals surface area contributed by atoms with Crippen LogP contribution in [0.4, 0.5) is 14.7 Å². The van der Waals surface area contributed by atoms with Crippen LogP contribution in [0.1, 0.15) is 18.9 Å². The minimum atomic E-state index is -0.844. The monoisotopic (exact) mass is 439 g/mol. The molecule has 2 bridgehead atoms. The van der Waals surface area contributed by atoms with E-state index in [-0.39, 0.29) is 18.3 Å². The van der Waals surface area contributed by atoms with Gasteiger partial charge in [0.15, 0.2) is 23.0 Å². The molecule has 0 aliphatic carbocycles. The number of fused-ring (bicyclic) bond motifs is 2. The van der Waals surface area contributed by atoms with Crippen molar-refractivity contribution in [2.24, 2.45) is 5.92 Å². The van der Waals surface area contributed by atoms with Gasteiger partial charge in [-0.2, -0.15) is 0 Å². The van der Waals surface area contributed by atoms with E-state index in [0.717, 1.165) is 18.5 Å². The smallest absolute Gasteiger partial charge is 0.225 e. The second-order valence-electron chi connectivity index (χ2n) is 7.19. The summed E-state index contributed by atoms with van der Waals surface area (Å²) in [5.74, 6) is -1.06. The molecule has 27 heavy (non-hydrogen) atoms. The predicted molar refractivity (Wildman–Crippen MR) is 100.0 cm³/mol. The zero-order valence-corrected chi connectivity index (χ0v) is 16.5. The summed E-state index contributed by atoms with van der Waals surface area (Å²) in [4.78, 5) is 10.9. The van der Waals surface area contributed by atoms with Crippen molar-refractivity contribution in [3.8, 4) is 5.75 Å². The maximum atomic E-state index is 14.3. The number of nitrogens with zero attached hydrogens (tertiary/aromatic N) is 3. The molecule has 1 aromatic carbocycles. The van der Waals surface area contributed by atoms with Gasteiger partial charge < -0.3 is 14.4 Å². The summed E-state index contributed by atoms with van der Waals surface area (Å²) in [6, 6.07) is 2.40. The van der Waals surface area contributed by atoms with E-state index in [1.165, 1.54) is 12.1 Å². The molecule has 2 aliphatic rings. The molecular weight excluding hydrogens is 420 g/mol. The van der Waals surface area contributed by atoms with Crippen molar-refractivity contribution in [1.29, 1.82) is 0 Å². The topological polar surface area (TPSA) is 47.5 Å². The predicted octanol–water partition coefficient (Wildman–Crippen LogP) is 3.75. The number of piperidine rings is 1. The first kappa shape index (κ1) is 18.6. The normalized spacial score (nSPS) is 24.7. The van der Waals surface area contributed by atoms with Crippen LogP contribution in [-0.2, 0) is 11.2 Å². The number of aryl methyl sites for hydroxylation is 1. The van der Waals surface area contributed by atoms with Crippen molar-refractivity contribution in [1.82, 2.24) is 9.97 Å². The average Bonchev–Trinajstić information content (AvgIpc) is 2.64. The number of halogens is 3. The van der Waals surface area contributed by atoms with E-state index in [1.54, 1.807) is 0 Å². The van der Waals surface area contributed by atoms with Crippen LogP contribution in [-0.4, -0.2) is 41.9 Å². The third-order valence-corrected chi connectivity index (χ3v) is 5.46. The molecule has 1 aromatic heterocycles. The van der Waals surface area contributed by atoms with Gasteiger partial charge >= 0.3 is 0 Å². The number of benzene rings is 1. The van der Waals surface area contributed by atoms with Gasteiger partial charge in [0, 0.05) is 29.3 Å². The van der Waals surface area contributed by atoms with Gasteiger partial charge in [0.25, 0.3) is 0 Å². The minimum Gasteiger partial charge on any atom is -0.477 e. The molecule has 2 unspecified atom stereocenters. The van der Waals surface area contributed by atoms with E-state index in [0.29, 0.717) is 30.0 Å². The first-order valence-electron chi connectivity index (χ1n) is 8.95. The lowest BCUT2D eigenvalue weighted by Crippen LogP contribution is -2.61. The van der Waals surface area contributed by atoms with E-state index in [1.807, 2.05) is 24.2 Å². The lowest BCUT2D eigenvalue weighted by atomic mass is 9.84. The van der Waals surface area contributed by atoms with Crippen LogP contribution in [0.25, 0.3) is 0 Å². The van der Waals surface area contributed by atoms with Gasteiger partial charge in [0.05, 0.1) is 19.8 Å². The highest BCUT2D eigenvalue weighted by atomic mass is 79.9. The summed E-state index contributed by atoms with van der Waals surface area (Å²) < 4.78 is 40.6. The molecular formula is C19H20BrF2N3O2. The maximum Gasteiger partial charge on any atom is 0.225 e. The van der Waals surface area contributed by atoms with Gasteiger partial charge in [-0.3, -0.25) is 0 Å². The highest BCUT2D eigenvalue weighted by Gasteiger charge is 2.47. The molecule has 2 aliphatic heterocycles. The van der Waals surface area contributed by atoms with Crippen LogP contribution < -0.4 is 9.64 Å². The third-order valence-electron chi connectivity index (χ3n) is 5.00. The summed E-state index contributed by atoms with van der Waals surface area (Å²) >= 11 is 3.09. The maximum absolute atomic E-state index is 14.3. The second-order valence-corrected chi connectivity index (χ2v) is 8.11. The Morgan fingerprint density at radius 1 is 1.30 bits per heavy atom. The highest BCUT2D eigenvalue weighted by Crippen LogP contribution is 2.38. The lowest BCUT2D eigenvalue weighted by Gasteiger charge is -2.48. The average molecular weight is 440 g/mol. The fourth-order valence-electron chi connectivity index (χ4n) is 3.80. The van der Waals surface area contributed by atoms with Crippen molar-refractivity contribution in [2.75, 3.05) is 31.2 Å². The van der Waals surface area contributed by atoms with Crippen molar-refractivity contribution in [3.05, 3.63) is 46.2 Å². The quantitative estimate of drug-likeness (QED) is 0.725. The molecule has 0 N–H and O–H groups in total. The Labute approximate surface area is 164 Å². The summed E-state index contributed by atoms with van der Waals surface area (Å²) in [6.45, 7) is 4.03. The van der Waals surface area contributed by atoms with Crippen molar-refractivity contribution in [2.45, 2.75) is 25.4 Å². The Hall–Kier alpha value is -1.80. The first-order valence-corrected chi connectivity index (χ1v) is 9.74. The molecule has 5 nitrogen and oxygen atoms in total. The lowest BCUT2D eigenvalue weighted by molar-refractivity contribution is -0.103. The number of anilines is 1. The molecule has 0 saturated carbocycles. The Morgan fingerprint density at radius 2 is 2.00 bits per heavy atom.